The third kappa shape index (κ3) is 2.42. The number of fused-ring (bicyclic) bond motifs is 1. The highest BCUT2D eigenvalue weighted by Crippen LogP contribution is 2.39. The van der Waals surface area contributed by atoms with Crippen LogP contribution in [0.1, 0.15) is 18.5 Å². The van der Waals surface area contributed by atoms with Crippen molar-refractivity contribution in [3.63, 3.8) is 0 Å². The number of nitrogens with zero attached hydrogens (tertiary/aromatic N) is 2. The molecule has 110 valence electrons. The topological polar surface area (TPSA) is 26.7 Å². The summed E-state index contributed by atoms with van der Waals surface area (Å²) >= 11 is 0. The van der Waals surface area contributed by atoms with Gasteiger partial charge in [0.25, 0.3) is 0 Å². The largest absolute Gasteiger partial charge is 0.508 e. The highest BCUT2D eigenvalue weighted by Gasteiger charge is 2.26. The third-order valence-electron chi connectivity index (χ3n) is 4.19. The summed E-state index contributed by atoms with van der Waals surface area (Å²) in [5.41, 5.74) is 2.89. The van der Waals surface area contributed by atoms with E-state index in [0.29, 0.717) is 5.56 Å². The quantitative estimate of drug-likeness (QED) is 0.914. The standard InChI is InChI=1S/C17H19FN2O/c1-12(14-11-13(18)7-8-17(14)21)20-10-9-19(2)15-5-3-4-6-16(15)20/h3-8,11-12,21H,9-10H2,1-2H3. The van der Waals surface area contributed by atoms with Crippen molar-refractivity contribution in [1.82, 2.24) is 0 Å². The second-order valence-electron chi connectivity index (χ2n) is 5.48. The Balaban J connectivity index is 2.01. The van der Waals surface area contributed by atoms with E-state index in [1.54, 1.807) is 0 Å². The molecule has 0 radical (unpaired) electrons. The number of hydrogen-bond acceptors (Lipinski definition) is 3. The normalized spacial score (nSPS) is 15.8. The first-order valence-corrected chi connectivity index (χ1v) is 7.13. The summed E-state index contributed by atoms with van der Waals surface area (Å²) < 4.78 is 13.5. The molecular formula is C17H19FN2O. The van der Waals surface area contributed by atoms with E-state index in [4.69, 9.17) is 0 Å². The van der Waals surface area contributed by atoms with Gasteiger partial charge >= 0.3 is 0 Å². The number of halogens is 1. The van der Waals surface area contributed by atoms with E-state index in [1.807, 2.05) is 19.1 Å². The molecule has 1 heterocycles. The molecule has 3 rings (SSSR count). The molecule has 4 heteroatoms. The van der Waals surface area contributed by atoms with Gasteiger partial charge in [-0.1, -0.05) is 12.1 Å². The first-order valence-electron chi connectivity index (χ1n) is 7.13. The van der Waals surface area contributed by atoms with E-state index in [-0.39, 0.29) is 17.6 Å². The third-order valence-corrected chi connectivity index (χ3v) is 4.19. The van der Waals surface area contributed by atoms with Crippen molar-refractivity contribution in [3.05, 3.63) is 53.8 Å². The maximum absolute atomic E-state index is 13.5. The van der Waals surface area contributed by atoms with Gasteiger partial charge < -0.3 is 14.9 Å². The lowest BCUT2D eigenvalue weighted by Crippen LogP contribution is -2.40. The number of para-hydroxylation sites is 2. The van der Waals surface area contributed by atoms with Gasteiger partial charge in [0, 0.05) is 25.7 Å². The molecule has 1 atom stereocenters. The predicted molar refractivity (Wildman–Crippen MR) is 83.5 cm³/mol. The number of hydrogen-bond donors (Lipinski definition) is 1. The molecule has 1 aliphatic heterocycles. The zero-order chi connectivity index (χ0) is 15.0. The Bertz CT molecular complexity index is 659. The molecule has 0 saturated carbocycles. The Morgan fingerprint density at radius 2 is 1.81 bits per heavy atom. The van der Waals surface area contributed by atoms with Crippen LogP contribution in [-0.4, -0.2) is 25.2 Å². The van der Waals surface area contributed by atoms with Gasteiger partial charge in [0.1, 0.15) is 11.6 Å². The van der Waals surface area contributed by atoms with Gasteiger partial charge in [0.15, 0.2) is 0 Å². The van der Waals surface area contributed by atoms with E-state index < -0.39 is 0 Å². The van der Waals surface area contributed by atoms with E-state index in [9.17, 15) is 9.50 Å². The SMILES string of the molecule is CC(c1cc(F)ccc1O)N1CCN(C)c2ccccc21. The van der Waals surface area contributed by atoms with Crippen LogP contribution < -0.4 is 9.80 Å². The molecule has 1 N–H and O–H groups in total. The average Bonchev–Trinajstić information content (AvgIpc) is 2.50. The van der Waals surface area contributed by atoms with Crippen LogP contribution in [0.4, 0.5) is 15.8 Å². The van der Waals surface area contributed by atoms with Crippen LogP contribution in [0.25, 0.3) is 0 Å². The van der Waals surface area contributed by atoms with Crippen molar-refractivity contribution in [3.8, 4) is 5.75 Å². The van der Waals surface area contributed by atoms with E-state index in [1.165, 1.54) is 18.2 Å². The first kappa shape index (κ1) is 13.7. The van der Waals surface area contributed by atoms with Gasteiger partial charge in [0.2, 0.25) is 0 Å². The molecule has 21 heavy (non-hydrogen) atoms. The smallest absolute Gasteiger partial charge is 0.123 e. The molecule has 0 amide bonds. The van der Waals surface area contributed by atoms with Crippen LogP contribution in [0.3, 0.4) is 0 Å². The number of phenols is 1. The molecule has 0 saturated heterocycles. The summed E-state index contributed by atoms with van der Waals surface area (Å²) in [4.78, 5) is 4.42. The fourth-order valence-corrected chi connectivity index (χ4v) is 2.96. The van der Waals surface area contributed by atoms with E-state index >= 15 is 0 Å². The zero-order valence-electron chi connectivity index (χ0n) is 12.3. The molecule has 0 spiro atoms. The lowest BCUT2D eigenvalue weighted by atomic mass is 10.0. The minimum absolute atomic E-state index is 0.0875. The van der Waals surface area contributed by atoms with Gasteiger partial charge in [0.05, 0.1) is 17.4 Å². The maximum atomic E-state index is 13.5. The van der Waals surface area contributed by atoms with Gasteiger partial charge in [-0.05, 0) is 37.3 Å². The summed E-state index contributed by atoms with van der Waals surface area (Å²) in [6.07, 6.45) is 0. The van der Waals surface area contributed by atoms with Crippen LogP contribution in [0, 0.1) is 5.82 Å². The summed E-state index contributed by atoms with van der Waals surface area (Å²) in [5, 5.41) is 10.0. The fourth-order valence-electron chi connectivity index (χ4n) is 2.96. The molecule has 0 fully saturated rings. The minimum atomic E-state index is -0.322. The van der Waals surface area contributed by atoms with Crippen LogP contribution in [-0.2, 0) is 0 Å². The van der Waals surface area contributed by atoms with Crippen molar-refractivity contribution < 1.29 is 9.50 Å². The van der Waals surface area contributed by atoms with Crippen molar-refractivity contribution in [2.45, 2.75) is 13.0 Å². The Labute approximate surface area is 124 Å². The van der Waals surface area contributed by atoms with Crippen LogP contribution in [0.2, 0.25) is 0 Å². The van der Waals surface area contributed by atoms with Gasteiger partial charge in [-0.15, -0.1) is 0 Å². The number of aromatic hydroxyl groups is 1. The first-order chi connectivity index (χ1) is 10.1. The highest BCUT2D eigenvalue weighted by atomic mass is 19.1. The molecule has 2 aromatic rings. The van der Waals surface area contributed by atoms with Crippen LogP contribution >= 0.6 is 0 Å². The Kier molecular flexibility index (Phi) is 3.45. The van der Waals surface area contributed by atoms with Gasteiger partial charge in [-0.2, -0.15) is 0 Å². The second kappa shape index (κ2) is 5.28. The van der Waals surface area contributed by atoms with Crippen molar-refractivity contribution in [2.24, 2.45) is 0 Å². The number of benzene rings is 2. The van der Waals surface area contributed by atoms with Crippen molar-refractivity contribution in [2.75, 3.05) is 29.9 Å². The Morgan fingerprint density at radius 1 is 1.10 bits per heavy atom. The highest BCUT2D eigenvalue weighted by molar-refractivity contribution is 5.73. The molecule has 2 aromatic carbocycles. The summed E-state index contributed by atoms with van der Waals surface area (Å²) in [6, 6.07) is 12.2. The molecule has 0 bridgehead atoms. The monoisotopic (exact) mass is 286 g/mol. The lowest BCUT2D eigenvalue weighted by Gasteiger charge is -2.40. The molecular weight excluding hydrogens is 267 g/mol. The molecule has 1 unspecified atom stereocenters. The molecule has 0 aromatic heterocycles. The minimum Gasteiger partial charge on any atom is -0.508 e. The van der Waals surface area contributed by atoms with Gasteiger partial charge in [-0.3, -0.25) is 0 Å². The van der Waals surface area contributed by atoms with E-state index in [0.717, 1.165) is 24.5 Å². The molecule has 0 aliphatic carbocycles. The average molecular weight is 286 g/mol. The molecule has 1 aliphatic rings. The van der Waals surface area contributed by atoms with Crippen molar-refractivity contribution in [1.29, 1.82) is 0 Å². The fraction of sp³-hybridized carbons (Fsp3) is 0.294. The Hall–Kier alpha value is -2.23. The molecule has 3 nitrogen and oxygen atoms in total. The number of rotatable bonds is 2. The Morgan fingerprint density at radius 3 is 2.57 bits per heavy atom. The summed E-state index contributed by atoms with van der Waals surface area (Å²) in [5.74, 6) is -0.183. The zero-order valence-corrected chi connectivity index (χ0v) is 12.3. The predicted octanol–water partition coefficient (Wildman–Crippen LogP) is 3.55. The number of phenolic OH excluding ortho intramolecular Hbond substituents is 1. The van der Waals surface area contributed by atoms with E-state index in [2.05, 4.69) is 29.0 Å². The van der Waals surface area contributed by atoms with Crippen molar-refractivity contribution >= 4 is 11.4 Å². The summed E-state index contributed by atoms with van der Waals surface area (Å²) in [7, 11) is 2.07. The summed E-state index contributed by atoms with van der Waals surface area (Å²) in [6.45, 7) is 3.73. The van der Waals surface area contributed by atoms with Gasteiger partial charge in [-0.25, -0.2) is 4.39 Å². The number of anilines is 2. The van der Waals surface area contributed by atoms with Crippen LogP contribution in [0.15, 0.2) is 42.5 Å². The maximum Gasteiger partial charge on any atom is 0.123 e. The van der Waals surface area contributed by atoms with Crippen LogP contribution in [0.5, 0.6) is 5.75 Å². The second-order valence-corrected chi connectivity index (χ2v) is 5.48. The lowest BCUT2D eigenvalue weighted by molar-refractivity contribution is 0.457. The number of likely N-dealkylation sites (N-methyl/N-ethyl adjacent to an activating group) is 1.